The van der Waals surface area contributed by atoms with Crippen LogP contribution >= 0.6 is 0 Å². The standard InChI is InChI=1S/C21H24N4O2/c1-2-26-17-10-8-16(9-11-17)21-23-20(27-24-21)14-25-12-18(19(22)13-25)15-6-4-3-5-7-15/h3-11,18-19H,2,12-14,22H2,1H3/t18-,19+/m0/s1. The van der Waals surface area contributed by atoms with E-state index in [4.69, 9.17) is 15.0 Å². The van der Waals surface area contributed by atoms with Gasteiger partial charge in [0.15, 0.2) is 0 Å². The molecule has 1 aromatic heterocycles. The molecule has 6 heteroatoms. The highest BCUT2D eigenvalue weighted by molar-refractivity contribution is 5.55. The molecule has 2 aromatic carbocycles. The first-order valence-electron chi connectivity index (χ1n) is 9.31. The van der Waals surface area contributed by atoms with E-state index >= 15 is 0 Å². The molecule has 2 atom stereocenters. The number of nitrogens with zero attached hydrogens (tertiary/aromatic N) is 3. The Morgan fingerprint density at radius 2 is 1.89 bits per heavy atom. The Hall–Kier alpha value is -2.70. The molecule has 0 amide bonds. The molecule has 1 aliphatic heterocycles. The molecular formula is C21H24N4O2. The molecule has 3 aromatic rings. The van der Waals surface area contributed by atoms with E-state index < -0.39 is 0 Å². The molecule has 0 radical (unpaired) electrons. The molecule has 140 valence electrons. The third-order valence-electron chi connectivity index (χ3n) is 4.92. The maximum Gasteiger partial charge on any atom is 0.241 e. The Morgan fingerprint density at radius 3 is 2.63 bits per heavy atom. The molecule has 0 unspecified atom stereocenters. The smallest absolute Gasteiger partial charge is 0.241 e. The summed E-state index contributed by atoms with van der Waals surface area (Å²) in [5.41, 5.74) is 8.57. The molecule has 4 rings (SSSR count). The van der Waals surface area contributed by atoms with Crippen LogP contribution in [0.4, 0.5) is 0 Å². The van der Waals surface area contributed by atoms with Gasteiger partial charge in [0, 0.05) is 30.6 Å². The van der Waals surface area contributed by atoms with Crippen molar-refractivity contribution in [3.63, 3.8) is 0 Å². The molecule has 1 saturated heterocycles. The molecule has 1 fully saturated rings. The lowest BCUT2D eigenvalue weighted by molar-refractivity contribution is 0.264. The van der Waals surface area contributed by atoms with E-state index in [9.17, 15) is 0 Å². The van der Waals surface area contributed by atoms with Crippen molar-refractivity contribution >= 4 is 0 Å². The maximum absolute atomic E-state index is 6.37. The second-order valence-electron chi connectivity index (χ2n) is 6.84. The molecule has 0 saturated carbocycles. The third kappa shape index (κ3) is 4.02. The number of hydrogen-bond acceptors (Lipinski definition) is 6. The second kappa shape index (κ2) is 7.90. The van der Waals surface area contributed by atoms with Gasteiger partial charge in [0.1, 0.15) is 5.75 Å². The first-order valence-corrected chi connectivity index (χ1v) is 9.31. The molecule has 6 nitrogen and oxygen atoms in total. The van der Waals surface area contributed by atoms with E-state index in [1.807, 2.05) is 37.3 Å². The first kappa shape index (κ1) is 17.7. The average molecular weight is 364 g/mol. The summed E-state index contributed by atoms with van der Waals surface area (Å²) in [6.45, 7) is 4.94. The van der Waals surface area contributed by atoms with Gasteiger partial charge in [0.2, 0.25) is 11.7 Å². The van der Waals surface area contributed by atoms with Crippen LogP contribution in [0, 0.1) is 0 Å². The van der Waals surface area contributed by atoms with E-state index in [0.29, 0.717) is 30.8 Å². The molecule has 2 heterocycles. The maximum atomic E-state index is 6.37. The Balaban J connectivity index is 1.41. The van der Waals surface area contributed by atoms with Crippen molar-refractivity contribution in [1.82, 2.24) is 15.0 Å². The van der Waals surface area contributed by atoms with Gasteiger partial charge in [-0.1, -0.05) is 35.5 Å². The minimum absolute atomic E-state index is 0.112. The van der Waals surface area contributed by atoms with Crippen LogP contribution in [-0.4, -0.2) is 40.8 Å². The van der Waals surface area contributed by atoms with Gasteiger partial charge in [0.25, 0.3) is 0 Å². The van der Waals surface area contributed by atoms with Crippen LogP contribution in [0.3, 0.4) is 0 Å². The van der Waals surface area contributed by atoms with Gasteiger partial charge >= 0.3 is 0 Å². The Morgan fingerprint density at radius 1 is 1.11 bits per heavy atom. The normalized spacial score (nSPS) is 20.1. The summed E-state index contributed by atoms with van der Waals surface area (Å²) in [5, 5.41) is 4.12. The molecule has 2 N–H and O–H groups in total. The van der Waals surface area contributed by atoms with Gasteiger partial charge in [-0.25, -0.2) is 0 Å². The van der Waals surface area contributed by atoms with E-state index in [-0.39, 0.29) is 6.04 Å². The van der Waals surface area contributed by atoms with Crippen molar-refractivity contribution in [2.45, 2.75) is 25.4 Å². The van der Waals surface area contributed by atoms with Crippen molar-refractivity contribution in [2.75, 3.05) is 19.7 Å². The highest BCUT2D eigenvalue weighted by Gasteiger charge is 2.32. The number of aromatic nitrogens is 2. The lowest BCUT2D eigenvalue weighted by Crippen LogP contribution is -2.28. The van der Waals surface area contributed by atoms with Crippen LogP contribution in [0.1, 0.15) is 24.3 Å². The lowest BCUT2D eigenvalue weighted by Gasteiger charge is -2.14. The molecule has 0 aliphatic carbocycles. The topological polar surface area (TPSA) is 77.4 Å². The number of nitrogens with two attached hydrogens (primary N) is 1. The number of ether oxygens (including phenoxy) is 1. The van der Waals surface area contributed by atoms with E-state index in [0.717, 1.165) is 24.4 Å². The van der Waals surface area contributed by atoms with Crippen molar-refractivity contribution in [1.29, 1.82) is 0 Å². The molecule has 1 aliphatic rings. The first-order chi connectivity index (χ1) is 13.2. The predicted octanol–water partition coefficient (Wildman–Crippen LogP) is 3.06. The Bertz CT molecular complexity index is 863. The summed E-state index contributed by atoms with van der Waals surface area (Å²) < 4.78 is 10.9. The molecule has 0 spiro atoms. The Labute approximate surface area is 158 Å². The van der Waals surface area contributed by atoms with Gasteiger partial charge in [-0.05, 0) is 36.8 Å². The van der Waals surface area contributed by atoms with Crippen LogP contribution in [0.2, 0.25) is 0 Å². The van der Waals surface area contributed by atoms with Crippen LogP contribution in [0.25, 0.3) is 11.4 Å². The van der Waals surface area contributed by atoms with Crippen LogP contribution < -0.4 is 10.5 Å². The highest BCUT2D eigenvalue weighted by atomic mass is 16.5. The SMILES string of the molecule is CCOc1ccc(-c2noc(CN3C[C@@H](N)[C@H](c4ccccc4)C3)n2)cc1. The van der Waals surface area contributed by atoms with Gasteiger partial charge in [-0.3, -0.25) is 4.90 Å². The molecular weight excluding hydrogens is 340 g/mol. The predicted molar refractivity (Wildman–Crippen MR) is 103 cm³/mol. The van der Waals surface area contributed by atoms with Crippen molar-refractivity contribution < 1.29 is 9.26 Å². The van der Waals surface area contributed by atoms with Crippen molar-refractivity contribution in [3.05, 3.63) is 66.1 Å². The van der Waals surface area contributed by atoms with Crippen LogP contribution in [0.15, 0.2) is 59.1 Å². The lowest BCUT2D eigenvalue weighted by atomic mass is 9.95. The fourth-order valence-corrected chi connectivity index (χ4v) is 3.59. The van der Waals surface area contributed by atoms with Crippen molar-refractivity contribution in [2.24, 2.45) is 5.73 Å². The summed E-state index contributed by atoms with van der Waals surface area (Å²) in [4.78, 5) is 6.82. The number of rotatable bonds is 6. The van der Waals surface area contributed by atoms with Crippen molar-refractivity contribution in [3.8, 4) is 17.1 Å². The zero-order valence-corrected chi connectivity index (χ0v) is 15.4. The monoisotopic (exact) mass is 364 g/mol. The molecule has 0 bridgehead atoms. The summed E-state index contributed by atoms with van der Waals surface area (Å²) in [7, 11) is 0. The van der Waals surface area contributed by atoms with E-state index in [2.05, 4.69) is 39.3 Å². The van der Waals surface area contributed by atoms with E-state index in [1.165, 1.54) is 5.56 Å². The summed E-state index contributed by atoms with van der Waals surface area (Å²) >= 11 is 0. The minimum Gasteiger partial charge on any atom is -0.494 e. The van der Waals surface area contributed by atoms with Crippen LogP contribution in [0.5, 0.6) is 5.75 Å². The van der Waals surface area contributed by atoms with E-state index in [1.54, 1.807) is 0 Å². The average Bonchev–Trinajstić information content (AvgIpc) is 3.30. The van der Waals surface area contributed by atoms with Gasteiger partial charge < -0.3 is 15.0 Å². The highest BCUT2D eigenvalue weighted by Crippen LogP contribution is 2.27. The number of hydrogen-bond donors (Lipinski definition) is 1. The summed E-state index contributed by atoms with van der Waals surface area (Å²) in [6.07, 6.45) is 0. The second-order valence-corrected chi connectivity index (χ2v) is 6.84. The molecule has 27 heavy (non-hydrogen) atoms. The number of likely N-dealkylation sites (tertiary alicyclic amines) is 1. The quantitative estimate of drug-likeness (QED) is 0.724. The van der Waals surface area contributed by atoms with Gasteiger partial charge in [-0.2, -0.15) is 4.98 Å². The van der Waals surface area contributed by atoms with Gasteiger partial charge in [-0.15, -0.1) is 0 Å². The Kier molecular flexibility index (Phi) is 5.18. The third-order valence-corrected chi connectivity index (χ3v) is 4.92. The zero-order valence-electron chi connectivity index (χ0n) is 15.4. The summed E-state index contributed by atoms with van der Waals surface area (Å²) in [6, 6.07) is 18.3. The van der Waals surface area contributed by atoms with Gasteiger partial charge in [0.05, 0.1) is 13.2 Å². The minimum atomic E-state index is 0.112. The van der Waals surface area contributed by atoms with Crippen LogP contribution in [-0.2, 0) is 6.54 Å². The largest absolute Gasteiger partial charge is 0.494 e. The fourth-order valence-electron chi connectivity index (χ4n) is 3.59. The number of benzene rings is 2. The fraction of sp³-hybridized carbons (Fsp3) is 0.333. The summed E-state index contributed by atoms with van der Waals surface area (Å²) in [5.74, 6) is 2.37. The zero-order chi connectivity index (χ0) is 18.6.